The summed E-state index contributed by atoms with van der Waals surface area (Å²) in [4.78, 5) is 0. The molecule has 74 valence electrons. The fourth-order valence-electron chi connectivity index (χ4n) is 1.52. The van der Waals surface area contributed by atoms with Crippen LogP contribution in [0.4, 0.5) is 0 Å². The molecule has 0 saturated heterocycles. The first kappa shape index (κ1) is 10.3. The zero-order valence-corrected chi connectivity index (χ0v) is 8.64. The molecule has 3 nitrogen and oxygen atoms in total. The third-order valence-electron chi connectivity index (χ3n) is 2.17. The number of rotatable bonds is 4. The fourth-order valence-corrected chi connectivity index (χ4v) is 1.52. The highest BCUT2D eigenvalue weighted by Crippen LogP contribution is 2.15. The van der Waals surface area contributed by atoms with Crippen LogP contribution in [0.25, 0.3) is 0 Å². The molecule has 0 aliphatic carbocycles. The average Bonchev–Trinajstić information content (AvgIpc) is 2.47. The van der Waals surface area contributed by atoms with Gasteiger partial charge in [0.1, 0.15) is 18.4 Å². The van der Waals surface area contributed by atoms with Crippen LogP contribution in [0.2, 0.25) is 0 Å². The summed E-state index contributed by atoms with van der Waals surface area (Å²) in [6.45, 7) is 4.56. The number of aliphatic hydroxyl groups is 1. The zero-order valence-electron chi connectivity index (χ0n) is 8.64. The standard InChI is InChI=1S/C10H19N2O/c1-9(2)6-10(7-13)12-5-4-11(3)8-12/h4-5,8-10,13H,6-7H2,1-3H3/q+1/t10-/m1/s1. The normalized spacial score (nSPS) is 13.6. The highest BCUT2D eigenvalue weighted by molar-refractivity contribution is 4.75. The molecule has 1 aromatic rings. The van der Waals surface area contributed by atoms with Crippen molar-refractivity contribution in [3.63, 3.8) is 0 Å². The van der Waals surface area contributed by atoms with Crippen molar-refractivity contribution in [3.05, 3.63) is 18.7 Å². The van der Waals surface area contributed by atoms with Crippen LogP contribution >= 0.6 is 0 Å². The first-order valence-electron chi connectivity index (χ1n) is 4.77. The van der Waals surface area contributed by atoms with Gasteiger partial charge in [-0.25, -0.2) is 9.13 Å². The van der Waals surface area contributed by atoms with Crippen molar-refractivity contribution in [2.24, 2.45) is 13.0 Å². The predicted octanol–water partition coefficient (Wildman–Crippen LogP) is 0.892. The topological polar surface area (TPSA) is 29.0 Å². The smallest absolute Gasteiger partial charge is 0.243 e. The van der Waals surface area contributed by atoms with Gasteiger partial charge in [0.05, 0.1) is 13.7 Å². The van der Waals surface area contributed by atoms with E-state index in [4.69, 9.17) is 0 Å². The molecule has 0 saturated carbocycles. The van der Waals surface area contributed by atoms with Crippen LogP contribution in [-0.2, 0) is 7.05 Å². The molecule has 0 fully saturated rings. The van der Waals surface area contributed by atoms with Crippen LogP contribution < -0.4 is 4.57 Å². The molecule has 0 amide bonds. The Kier molecular flexibility index (Phi) is 3.48. The Hall–Kier alpha value is -0.830. The van der Waals surface area contributed by atoms with Crippen molar-refractivity contribution in [2.75, 3.05) is 6.61 Å². The summed E-state index contributed by atoms with van der Waals surface area (Å²) in [5.41, 5.74) is 0. The van der Waals surface area contributed by atoms with Gasteiger partial charge >= 0.3 is 0 Å². The van der Waals surface area contributed by atoms with E-state index in [1.165, 1.54) is 0 Å². The Morgan fingerprint density at radius 3 is 2.54 bits per heavy atom. The molecule has 1 atom stereocenters. The van der Waals surface area contributed by atoms with E-state index in [2.05, 4.69) is 18.4 Å². The van der Waals surface area contributed by atoms with Crippen molar-refractivity contribution >= 4 is 0 Å². The van der Waals surface area contributed by atoms with Crippen molar-refractivity contribution in [3.8, 4) is 0 Å². The van der Waals surface area contributed by atoms with Gasteiger partial charge in [0, 0.05) is 0 Å². The number of hydrogen-bond donors (Lipinski definition) is 1. The molecular weight excluding hydrogens is 164 g/mol. The Bertz CT molecular complexity index is 255. The number of aromatic nitrogens is 2. The van der Waals surface area contributed by atoms with Crippen LogP contribution in [0, 0.1) is 5.92 Å². The number of aryl methyl sites for hydroxylation is 1. The van der Waals surface area contributed by atoms with Gasteiger partial charge in [-0.3, -0.25) is 0 Å². The second-order valence-electron chi connectivity index (χ2n) is 3.99. The second kappa shape index (κ2) is 4.42. The lowest BCUT2D eigenvalue weighted by Gasteiger charge is -2.12. The molecule has 1 rings (SSSR count). The molecule has 0 aromatic carbocycles. The van der Waals surface area contributed by atoms with Gasteiger partial charge in [-0.1, -0.05) is 13.8 Å². The first-order chi connectivity index (χ1) is 6.13. The molecule has 0 unspecified atom stereocenters. The van der Waals surface area contributed by atoms with Gasteiger partial charge in [-0.2, -0.15) is 0 Å². The molecule has 1 aromatic heterocycles. The summed E-state index contributed by atoms with van der Waals surface area (Å²) in [5, 5.41) is 9.21. The maximum Gasteiger partial charge on any atom is 0.243 e. The lowest BCUT2D eigenvalue weighted by atomic mass is 10.0. The molecule has 13 heavy (non-hydrogen) atoms. The minimum absolute atomic E-state index is 0.215. The molecule has 1 N–H and O–H groups in total. The van der Waals surface area contributed by atoms with Crippen LogP contribution in [0.15, 0.2) is 18.7 Å². The minimum atomic E-state index is 0.215. The van der Waals surface area contributed by atoms with E-state index in [9.17, 15) is 5.11 Å². The largest absolute Gasteiger partial charge is 0.392 e. The summed E-state index contributed by atoms with van der Waals surface area (Å²) in [6, 6.07) is 0.223. The third kappa shape index (κ3) is 2.84. The monoisotopic (exact) mass is 183 g/mol. The van der Waals surface area contributed by atoms with E-state index < -0.39 is 0 Å². The van der Waals surface area contributed by atoms with Gasteiger partial charge < -0.3 is 5.11 Å². The van der Waals surface area contributed by atoms with E-state index in [1.807, 2.05) is 30.3 Å². The molecular formula is C10H19N2O+. The van der Waals surface area contributed by atoms with Crippen LogP contribution in [-0.4, -0.2) is 16.3 Å². The maximum atomic E-state index is 9.21. The van der Waals surface area contributed by atoms with Crippen molar-refractivity contribution < 1.29 is 9.67 Å². The minimum Gasteiger partial charge on any atom is -0.392 e. The van der Waals surface area contributed by atoms with Crippen molar-refractivity contribution in [2.45, 2.75) is 26.3 Å². The molecule has 0 radical (unpaired) electrons. The molecule has 0 bridgehead atoms. The molecule has 0 aliphatic heterocycles. The second-order valence-corrected chi connectivity index (χ2v) is 3.99. The third-order valence-corrected chi connectivity index (χ3v) is 2.17. The Morgan fingerprint density at radius 1 is 1.46 bits per heavy atom. The SMILES string of the molecule is CC(C)C[C@H](CO)n1cc[n+](C)c1. The van der Waals surface area contributed by atoms with Crippen molar-refractivity contribution in [1.29, 1.82) is 0 Å². The van der Waals surface area contributed by atoms with Gasteiger partial charge in [0.25, 0.3) is 0 Å². The Labute approximate surface area is 79.6 Å². The Balaban J connectivity index is 2.66. The van der Waals surface area contributed by atoms with Gasteiger partial charge in [0.15, 0.2) is 0 Å². The Morgan fingerprint density at radius 2 is 2.15 bits per heavy atom. The van der Waals surface area contributed by atoms with E-state index >= 15 is 0 Å². The zero-order chi connectivity index (χ0) is 9.84. The molecule has 3 heteroatoms. The number of nitrogens with zero attached hydrogens (tertiary/aromatic N) is 2. The van der Waals surface area contributed by atoms with Gasteiger partial charge in [0.2, 0.25) is 6.33 Å². The molecule has 0 aliphatic rings. The summed E-state index contributed by atoms with van der Waals surface area (Å²) in [7, 11) is 1.99. The van der Waals surface area contributed by atoms with Gasteiger partial charge in [-0.05, 0) is 12.3 Å². The lowest BCUT2D eigenvalue weighted by Crippen LogP contribution is -2.25. The van der Waals surface area contributed by atoms with E-state index in [-0.39, 0.29) is 12.6 Å². The van der Waals surface area contributed by atoms with Crippen LogP contribution in [0.5, 0.6) is 0 Å². The van der Waals surface area contributed by atoms with E-state index in [0.29, 0.717) is 5.92 Å². The predicted molar refractivity (Wildman–Crippen MR) is 51.2 cm³/mol. The highest BCUT2D eigenvalue weighted by atomic mass is 16.3. The van der Waals surface area contributed by atoms with Crippen molar-refractivity contribution in [1.82, 2.24) is 4.57 Å². The average molecular weight is 183 g/mol. The lowest BCUT2D eigenvalue weighted by molar-refractivity contribution is -0.671. The first-order valence-corrected chi connectivity index (χ1v) is 4.77. The van der Waals surface area contributed by atoms with Crippen LogP contribution in [0.1, 0.15) is 26.3 Å². The number of hydrogen-bond acceptors (Lipinski definition) is 1. The van der Waals surface area contributed by atoms with E-state index in [0.717, 1.165) is 6.42 Å². The summed E-state index contributed by atoms with van der Waals surface area (Å²) >= 11 is 0. The summed E-state index contributed by atoms with van der Waals surface area (Å²) in [5.74, 6) is 0.616. The van der Waals surface area contributed by atoms with Gasteiger partial charge in [-0.15, -0.1) is 0 Å². The number of aliphatic hydroxyl groups excluding tert-OH is 1. The quantitative estimate of drug-likeness (QED) is 0.690. The molecule has 0 spiro atoms. The highest BCUT2D eigenvalue weighted by Gasteiger charge is 2.16. The van der Waals surface area contributed by atoms with E-state index in [1.54, 1.807) is 0 Å². The van der Waals surface area contributed by atoms with Crippen LogP contribution in [0.3, 0.4) is 0 Å². The summed E-state index contributed by atoms with van der Waals surface area (Å²) < 4.78 is 4.06. The number of imidazole rings is 1. The summed E-state index contributed by atoms with van der Waals surface area (Å²) in [6.07, 6.45) is 7.01. The molecule has 1 heterocycles. The fraction of sp³-hybridized carbons (Fsp3) is 0.700. The maximum absolute atomic E-state index is 9.21.